The Bertz CT molecular complexity index is 400. The monoisotopic (exact) mass is 253 g/mol. The van der Waals surface area contributed by atoms with Crippen LogP contribution in [0.4, 0.5) is 8.78 Å². The third kappa shape index (κ3) is 3.29. The Morgan fingerprint density at radius 2 is 1.61 bits per heavy atom. The molecule has 1 saturated carbocycles. The van der Waals surface area contributed by atoms with Gasteiger partial charge >= 0.3 is 0 Å². The first-order valence-corrected chi connectivity index (χ1v) is 6.60. The lowest BCUT2D eigenvalue weighted by atomic mass is 9.70. The molecule has 0 radical (unpaired) electrons. The highest BCUT2D eigenvalue weighted by Crippen LogP contribution is 2.36. The van der Waals surface area contributed by atoms with E-state index in [0.29, 0.717) is 23.8 Å². The summed E-state index contributed by atoms with van der Waals surface area (Å²) in [6.07, 6.45) is 3.60. The van der Waals surface area contributed by atoms with Gasteiger partial charge in [-0.25, -0.2) is 8.78 Å². The zero-order valence-electron chi connectivity index (χ0n) is 11.0. The fraction of sp³-hybridized carbons (Fsp3) is 0.600. The molecule has 0 bridgehead atoms. The Labute approximate surface area is 107 Å². The predicted octanol–water partition coefficient (Wildman–Crippen LogP) is 3.66. The molecule has 1 nitrogen and oxygen atoms in total. The zero-order valence-corrected chi connectivity index (χ0v) is 11.0. The van der Waals surface area contributed by atoms with Gasteiger partial charge in [-0.3, -0.25) is 0 Å². The molecule has 2 atom stereocenters. The molecule has 0 saturated heterocycles. The molecule has 3 heteroatoms. The van der Waals surface area contributed by atoms with Crippen LogP contribution < -0.4 is 5.73 Å². The molecule has 1 aliphatic carbocycles. The first kappa shape index (κ1) is 13.5. The summed E-state index contributed by atoms with van der Waals surface area (Å²) >= 11 is 0. The van der Waals surface area contributed by atoms with Crippen LogP contribution in [0.15, 0.2) is 18.2 Å². The third-order valence-electron chi connectivity index (χ3n) is 3.79. The number of halogens is 2. The van der Waals surface area contributed by atoms with E-state index in [0.717, 1.165) is 18.9 Å². The van der Waals surface area contributed by atoms with E-state index in [2.05, 4.69) is 13.8 Å². The largest absolute Gasteiger partial charge is 0.325 e. The van der Waals surface area contributed by atoms with Gasteiger partial charge in [0.25, 0.3) is 0 Å². The molecule has 0 amide bonds. The normalized spacial score (nSPS) is 32.5. The van der Waals surface area contributed by atoms with Crippen molar-refractivity contribution in [2.75, 3.05) is 0 Å². The van der Waals surface area contributed by atoms with Crippen molar-refractivity contribution in [3.8, 4) is 0 Å². The van der Waals surface area contributed by atoms with Crippen molar-refractivity contribution in [1.29, 1.82) is 0 Å². The molecule has 2 rings (SSSR count). The molecule has 1 fully saturated rings. The van der Waals surface area contributed by atoms with E-state index < -0.39 is 11.6 Å². The average molecular weight is 253 g/mol. The van der Waals surface area contributed by atoms with Crippen molar-refractivity contribution < 1.29 is 8.78 Å². The number of hydrogen-bond acceptors (Lipinski definition) is 1. The Balaban J connectivity index is 2.16. The summed E-state index contributed by atoms with van der Waals surface area (Å²) in [4.78, 5) is 0. The van der Waals surface area contributed by atoms with Gasteiger partial charge in [-0.05, 0) is 55.2 Å². The highest BCUT2D eigenvalue weighted by Gasteiger charge is 2.34. The maximum atomic E-state index is 13.2. The highest BCUT2D eigenvalue weighted by atomic mass is 19.1. The van der Waals surface area contributed by atoms with Crippen molar-refractivity contribution in [3.05, 3.63) is 35.4 Å². The van der Waals surface area contributed by atoms with Crippen LogP contribution in [0, 0.1) is 23.5 Å². The Morgan fingerprint density at radius 1 is 1.11 bits per heavy atom. The Kier molecular flexibility index (Phi) is 3.71. The first-order valence-electron chi connectivity index (χ1n) is 6.60. The molecule has 2 unspecified atom stereocenters. The number of benzene rings is 1. The van der Waals surface area contributed by atoms with Crippen LogP contribution in [0.5, 0.6) is 0 Å². The average Bonchev–Trinajstić information content (AvgIpc) is 2.10. The molecule has 1 aliphatic rings. The van der Waals surface area contributed by atoms with Crippen molar-refractivity contribution in [1.82, 2.24) is 0 Å². The van der Waals surface area contributed by atoms with Crippen LogP contribution in [0.2, 0.25) is 0 Å². The summed E-state index contributed by atoms with van der Waals surface area (Å²) < 4.78 is 26.4. The van der Waals surface area contributed by atoms with E-state index in [9.17, 15) is 8.78 Å². The van der Waals surface area contributed by atoms with Crippen molar-refractivity contribution in [3.63, 3.8) is 0 Å². The van der Waals surface area contributed by atoms with Gasteiger partial charge in [0.15, 0.2) is 0 Å². The van der Waals surface area contributed by atoms with Crippen LogP contribution in [0.1, 0.15) is 38.7 Å². The van der Waals surface area contributed by atoms with E-state index >= 15 is 0 Å². The lowest BCUT2D eigenvalue weighted by Crippen LogP contribution is -2.48. The van der Waals surface area contributed by atoms with Gasteiger partial charge in [0.1, 0.15) is 11.6 Å². The minimum absolute atomic E-state index is 0.322. The van der Waals surface area contributed by atoms with Crippen molar-refractivity contribution >= 4 is 0 Å². The van der Waals surface area contributed by atoms with Gasteiger partial charge in [-0.2, -0.15) is 0 Å². The SMILES string of the molecule is CC1CC(C)CC(N)(Cc2cc(F)cc(F)c2)C1. The highest BCUT2D eigenvalue weighted by molar-refractivity contribution is 5.20. The van der Waals surface area contributed by atoms with E-state index in [-0.39, 0.29) is 5.54 Å². The number of rotatable bonds is 2. The minimum Gasteiger partial charge on any atom is -0.325 e. The second-order valence-electron chi connectivity index (χ2n) is 6.17. The summed E-state index contributed by atoms with van der Waals surface area (Å²) in [5.41, 5.74) is 6.77. The van der Waals surface area contributed by atoms with Gasteiger partial charge in [0, 0.05) is 11.6 Å². The van der Waals surface area contributed by atoms with Gasteiger partial charge in [0.05, 0.1) is 0 Å². The Hall–Kier alpha value is -0.960. The van der Waals surface area contributed by atoms with Crippen LogP contribution in [0.3, 0.4) is 0 Å². The van der Waals surface area contributed by atoms with Crippen LogP contribution in [0.25, 0.3) is 0 Å². The van der Waals surface area contributed by atoms with Crippen molar-refractivity contribution in [2.24, 2.45) is 17.6 Å². The van der Waals surface area contributed by atoms with E-state index in [4.69, 9.17) is 5.73 Å². The van der Waals surface area contributed by atoms with Gasteiger partial charge < -0.3 is 5.73 Å². The molecule has 2 N–H and O–H groups in total. The van der Waals surface area contributed by atoms with Gasteiger partial charge in [-0.15, -0.1) is 0 Å². The second kappa shape index (κ2) is 4.96. The van der Waals surface area contributed by atoms with Crippen LogP contribution in [-0.2, 0) is 6.42 Å². The molecular formula is C15H21F2N. The maximum absolute atomic E-state index is 13.2. The predicted molar refractivity (Wildman–Crippen MR) is 69.2 cm³/mol. The lowest BCUT2D eigenvalue weighted by molar-refractivity contribution is 0.182. The molecule has 1 aromatic carbocycles. The number of hydrogen-bond donors (Lipinski definition) is 1. The summed E-state index contributed by atoms with van der Waals surface area (Å²) in [5.74, 6) is 0.116. The molecule has 0 aliphatic heterocycles. The molecule has 1 aromatic rings. The van der Waals surface area contributed by atoms with Crippen molar-refractivity contribution in [2.45, 2.75) is 45.1 Å². The minimum atomic E-state index is -0.523. The molecule has 18 heavy (non-hydrogen) atoms. The first-order chi connectivity index (χ1) is 8.36. The van der Waals surface area contributed by atoms with E-state index in [1.165, 1.54) is 18.6 Å². The summed E-state index contributed by atoms with van der Waals surface area (Å²) in [5, 5.41) is 0. The molecule has 100 valence electrons. The van der Waals surface area contributed by atoms with E-state index in [1.54, 1.807) is 0 Å². The van der Waals surface area contributed by atoms with Crippen LogP contribution in [-0.4, -0.2) is 5.54 Å². The standard InChI is InChI=1S/C15H21F2N/c1-10-3-11(2)8-15(18,7-10)9-12-4-13(16)6-14(17)5-12/h4-6,10-11H,3,7-9,18H2,1-2H3. The Morgan fingerprint density at radius 3 is 2.11 bits per heavy atom. The number of nitrogens with two attached hydrogens (primary N) is 1. The fourth-order valence-corrected chi connectivity index (χ4v) is 3.59. The van der Waals surface area contributed by atoms with Crippen LogP contribution >= 0.6 is 0 Å². The van der Waals surface area contributed by atoms with E-state index in [1.807, 2.05) is 0 Å². The fourth-order valence-electron chi connectivity index (χ4n) is 3.59. The van der Waals surface area contributed by atoms with Gasteiger partial charge in [0.2, 0.25) is 0 Å². The summed E-state index contributed by atoms with van der Waals surface area (Å²) in [7, 11) is 0. The second-order valence-corrected chi connectivity index (χ2v) is 6.17. The summed E-state index contributed by atoms with van der Waals surface area (Å²) in [6, 6.07) is 3.68. The molecule has 0 aromatic heterocycles. The summed E-state index contributed by atoms with van der Waals surface area (Å²) in [6.45, 7) is 4.40. The lowest BCUT2D eigenvalue weighted by Gasteiger charge is -2.40. The maximum Gasteiger partial charge on any atom is 0.126 e. The molecule has 0 heterocycles. The smallest absolute Gasteiger partial charge is 0.126 e. The molecular weight excluding hydrogens is 232 g/mol. The third-order valence-corrected chi connectivity index (χ3v) is 3.79. The quantitative estimate of drug-likeness (QED) is 0.855. The van der Waals surface area contributed by atoms with Gasteiger partial charge in [-0.1, -0.05) is 13.8 Å². The topological polar surface area (TPSA) is 26.0 Å². The zero-order chi connectivity index (χ0) is 13.3. The molecule has 0 spiro atoms.